The first-order valence-electron chi connectivity index (χ1n) is 10.4. The van der Waals surface area contributed by atoms with Crippen molar-refractivity contribution in [1.29, 1.82) is 0 Å². The number of esters is 1. The first kappa shape index (κ1) is 22.0. The van der Waals surface area contributed by atoms with Crippen LogP contribution in [0.4, 0.5) is 5.69 Å². The summed E-state index contributed by atoms with van der Waals surface area (Å²) in [6, 6.07) is 21.5. The molecule has 168 valence electrons. The molecule has 0 aliphatic carbocycles. The summed E-state index contributed by atoms with van der Waals surface area (Å²) < 4.78 is 21.7. The zero-order chi connectivity index (χ0) is 23.0. The fraction of sp³-hybridized carbons (Fsp3) is 0.154. The summed E-state index contributed by atoms with van der Waals surface area (Å²) in [5.41, 5.74) is 2.22. The summed E-state index contributed by atoms with van der Waals surface area (Å²) in [5, 5.41) is 2.70. The van der Waals surface area contributed by atoms with Gasteiger partial charge in [0.25, 0.3) is 5.91 Å². The third-order valence-corrected chi connectivity index (χ3v) is 4.90. The molecule has 3 aromatic rings. The van der Waals surface area contributed by atoms with E-state index in [9.17, 15) is 9.59 Å². The second kappa shape index (κ2) is 10.4. The third kappa shape index (κ3) is 5.51. The Bertz CT molecular complexity index is 1170. The first-order chi connectivity index (χ1) is 16.1. The molecule has 1 aliphatic rings. The van der Waals surface area contributed by atoms with Gasteiger partial charge in [-0.2, -0.15) is 0 Å². The van der Waals surface area contributed by atoms with Crippen molar-refractivity contribution in [3.8, 4) is 17.2 Å². The molecule has 0 saturated heterocycles. The van der Waals surface area contributed by atoms with Gasteiger partial charge in [0.05, 0.1) is 12.7 Å². The molecule has 0 unspecified atom stereocenters. The third-order valence-electron chi connectivity index (χ3n) is 4.90. The maximum atomic E-state index is 12.9. The fourth-order valence-corrected chi connectivity index (χ4v) is 3.35. The predicted molar refractivity (Wildman–Crippen MR) is 124 cm³/mol. The van der Waals surface area contributed by atoms with E-state index in [1.807, 2.05) is 36.4 Å². The second-order valence-corrected chi connectivity index (χ2v) is 7.15. The normalized spacial score (nSPS) is 12.6. The zero-order valence-electron chi connectivity index (χ0n) is 18.1. The van der Waals surface area contributed by atoms with E-state index in [1.165, 1.54) is 0 Å². The Labute approximate surface area is 191 Å². The Morgan fingerprint density at radius 2 is 1.67 bits per heavy atom. The number of hydrogen-bond acceptors (Lipinski definition) is 6. The monoisotopic (exact) mass is 445 g/mol. The lowest BCUT2D eigenvalue weighted by Crippen LogP contribution is -2.21. The lowest BCUT2D eigenvalue weighted by atomic mass is 10.0. The molecule has 0 bridgehead atoms. The molecule has 0 aromatic heterocycles. The second-order valence-electron chi connectivity index (χ2n) is 7.15. The Balaban J connectivity index is 1.47. The van der Waals surface area contributed by atoms with E-state index in [0.29, 0.717) is 47.3 Å². The van der Waals surface area contributed by atoms with E-state index in [2.05, 4.69) is 5.32 Å². The van der Waals surface area contributed by atoms with E-state index in [0.717, 1.165) is 5.56 Å². The molecule has 7 heteroatoms. The number of amides is 1. The van der Waals surface area contributed by atoms with Gasteiger partial charge in [-0.3, -0.25) is 4.79 Å². The molecule has 0 saturated carbocycles. The van der Waals surface area contributed by atoms with E-state index in [4.69, 9.17) is 18.9 Å². The van der Waals surface area contributed by atoms with Gasteiger partial charge >= 0.3 is 5.97 Å². The molecule has 1 amide bonds. The Morgan fingerprint density at radius 1 is 0.939 bits per heavy atom. The number of benzene rings is 3. The van der Waals surface area contributed by atoms with Crippen LogP contribution in [0.15, 0.2) is 72.8 Å². The Morgan fingerprint density at radius 3 is 2.45 bits per heavy atom. The number of carbonyl (C=O) groups excluding carboxylic acids is 2. The number of methoxy groups -OCH3 is 1. The molecule has 0 spiro atoms. The Kier molecular flexibility index (Phi) is 6.90. The van der Waals surface area contributed by atoms with Crippen LogP contribution < -0.4 is 19.5 Å². The van der Waals surface area contributed by atoms with Crippen LogP contribution in [0.2, 0.25) is 0 Å². The van der Waals surface area contributed by atoms with Gasteiger partial charge in [0.2, 0.25) is 0 Å². The standard InChI is InChI=1S/C26H23NO6/c1-30-22-10-6-5-9-19(22)15-21(18-7-3-2-4-8-18)26(29)33-17-25(28)27-20-11-12-23-24(16-20)32-14-13-31-23/h2-12,15-16H,13-14,17H2,1H3,(H,27,28)/b21-15+. The maximum absolute atomic E-state index is 12.9. The van der Waals surface area contributed by atoms with Gasteiger partial charge < -0.3 is 24.3 Å². The van der Waals surface area contributed by atoms with Gasteiger partial charge in [-0.1, -0.05) is 48.5 Å². The number of hydrogen-bond donors (Lipinski definition) is 1. The minimum Gasteiger partial charge on any atom is -0.496 e. The number of rotatable bonds is 7. The van der Waals surface area contributed by atoms with Gasteiger partial charge in [0.15, 0.2) is 18.1 Å². The molecule has 3 aromatic carbocycles. The summed E-state index contributed by atoms with van der Waals surface area (Å²) in [7, 11) is 1.56. The van der Waals surface area contributed by atoms with Crippen LogP contribution in [0, 0.1) is 0 Å². The van der Waals surface area contributed by atoms with Crippen LogP contribution in [0.5, 0.6) is 17.2 Å². The van der Waals surface area contributed by atoms with Gasteiger partial charge in [-0.05, 0) is 29.8 Å². The van der Waals surface area contributed by atoms with Crippen LogP contribution in [-0.2, 0) is 14.3 Å². The lowest BCUT2D eigenvalue weighted by Gasteiger charge is -2.19. The summed E-state index contributed by atoms with van der Waals surface area (Å²) in [6.07, 6.45) is 1.69. The van der Waals surface area contributed by atoms with Crippen molar-refractivity contribution < 1.29 is 28.5 Å². The number of fused-ring (bicyclic) bond motifs is 1. The van der Waals surface area contributed by atoms with Crippen molar-refractivity contribution in [2.75, 3.05) is 32.2 Å². The van der Waals surface area contributed by atoms with Gasteiger partial charge in [0.1, 0.15) is 19.0 Å². The highest BCUT2D eigenvalue weighted by molar-refractivity contribution is 6.22. The minimum atomic E-state index is -0.621. The largest absolute Gasteiger partial charge is 0.496 e. The van der Waals surface area contributed by atoms with E-state index in [1.54, 1.807) is 49.6 Å². The smallest absolute Gasteiger partial charge is 0.339 e. The van der Waals surface area contributed by atoms with E-state index < -0.39 is 18.5 Å². The van der Waals surface area contributed by atoms with Crippen LogP contribution in [0.3, 0.4) is 0 Å². The molecule has 0 fully saturated rings. The average Bonchev–Trinajstić information content (AvgIpc) is 2.86. The first-order valence-corrected chi connectivity index (χ1v) is 10.4. The quantitative estimate of drug-likeness (QED) is 0.334. The van der Waals surface area contributed by atoms with Crippen LogP contribution in [-0.4, -0.2) is 38.8 Å². The highest BCUT2D eigenvalue weighted by atomic mass is 16.6. The van der Waals surface area contributed by atoms with E-state index in [-0.39, 0.29) is 0 Å². The summed E-state index contributed by atoms with van der Waals surface area (Å²) in [5.74, 6) is 0.714. The number of anilines is 1. The van der Waals surface area contributed by atoms with Crippen LogP contribution in [0.25, 0.3) is 11.6 Å². The molecule has 0 atom stereocenters. The molecule has 1 N–H and O–H groups in total. The number of nitrogens with one attached hydrogen (secondary N) is 1. The van der Waals surface area contributed by atoms with Gasteiger partial charge in [-0.25, -0.2) is 4.79 Å². The Hall–Kier alpha value is -4.26. The van der Waals surface area contributed by atoms with Crippen LogP contribution in [0.1, 0.15) is 11.1 Å². The molecule has 7 nitrogen and oxygen atoms in total. The molecule has 0 radical (unpaired) electrons. The minimum absolute atomic E-state index is 0.312. The topological polar surface area (TPSA) is 83.1 Å². The van der Waals surface area contributed by atoms with E-state index >= 15 is 0 Å². The number of carbonyl (C=O) groups is 2. The molecule has 1 heterocycles. The molecule has 1 aliphatic heterocycles. The highest BCUT2D eigenvalue weighted by Gasteiger charge is 2.17. The molecular formula is C26H23NO6. The predicted octanol–water partition coefficient (Wildman–Crippen LogP) is 4.19. The zero-order valence-corrected chi connectivity index (χ0v) is 18.1. The summed E-state index contributed by atoms with van der Waals surface area (Å²) >= 11 is 0. The lowest BCUT2D eigenvalue weighted by molar-refractivity contribution is -0.141. The number of para-hydroxylation sites is 1. The SMILES string of the molecule is COc1ccccc1/C=C(/C(=O)OCC(=O)Nc1ccc2c(c1)OCCO2)c1ccccc1. The van der Waals surface area contributed by atoms with Crippen molar-refractivity contribution in [2.24, 2.45) is 0 Å². The van der Waals surface area contributed by atoms with Crippen molar-refractivity contribution >= 4 is 29.2 Å². The van der Waals surface area contributed by atoms with Crippen molar-refractivity contribution in [3.05, 3.63) is 83.9 Å². The van der Waals surface area contributed by atoms with Crippen molar-refractivity contribution in [1.82, 2.24) is 0 Å². The number of ether oxygens (including phenoxy) is 4. The average molecular weight is 445 g/mol. The maximum Gasteiger partial charge on any atom is 0.339 e. The molecule has 33 heavy (non-hydrogen) atoms. The van der Waals surface area contributed by atoms with Crippen LogP contribution >= 0.6 is 0 Å². The summed E-state index contributed by atoms with van der Waals surface area (Å²) in [4.78, 5) is 25.4. The van der Waals surface area contributed by atoms with Gasteiger partial charge in [-0.15, -0.1) is 0 Å². The molecular weight excluding hydrogens is 422 g/mol. The van der Waals surface area contributed by atoms with Crippen molar-refractivity contribution in [2.45, 2.75) is 0 Å². The highest BCUT2D eigenvalue weighted by Crippen LogP contribution is 2.32. The fourth-order valence-electron chi connectivity index (χ4n) is 3.35. The summed E-state index contributed by atoms with van der Waals surface area (Å²) in [6.45, 7) is 0.493. The van der Waals surface area contributed by atoms with Gasteiger partial charge in [0, 0.05) is 17.3 Å². The van der Waals surface area contributed by atoms with Crippen molar-refractivity contribution in [3.63, 3.8) is 0 Å². The molecule has 4 rings (SSSR count).